The number of anilines is 1. The molecule has 98 valence electrons. The van der Waals surface area contributed by atoms with E-state index in [2.05, 4.69) is 0 Å². The van der Waals surface area contributed by atoms with Gasteiger partial charge in [-0.15, -0.1) is 0 Å². The Morgan fingerprint density at radius 1 is 1.11 bits per heavy atom. The lowest BCUT2D eigenvalue weighted by Crippen LogP contribution is -2.25. The minimum absolute atomic E-state index is 0.179. The van der Waals surface area contributed by atoms with Crippen LogP contribution in [0.15, 0.2) is 40.8 Å². The van der Waals surface area contributed by atoms with Gasteiger partial charge in [-0.1, -0.05) is 0 Å². The second kappa shape index (κ2) is 4.97. The number of carbonyl (C=O) groups excluding carboxylic acids is 1. The van der Waals surface area contributed by atoms with Crippen molar-refractivity contribution in [2.45, 2.75) is 6.92 Å². The molecule has 0 spiro atoms. The van der Waals surface area contributed by atoms with Crippen LogP contribution >= 0.6 is 0 Å². The van der Waals surface area contributed by atoms with Gasteiger partial charge in [0.1, 0.15) is 5.76 Å². The Bertz CT molecular complexity index is 613. The van der Waals surface area contributed by atoms with E-state index >= 15 is 0 Å². The Balaban J connectivity index is 2.21. The minimum atomic E-state index is -0.998. The van der Waals surface area contributed by atoms with E-state index in [0.717, 1.165) is 0 Å². The SMILES string of the molecule is Cc1ccc(C(=O)N(C)c2ccc(C(=O)O)cc2)o1. The molecular formula is C14H13NO4. The Hall–Kier alpha value is -2.56. The highest BCUT2D eigenvalue weighted by atomic mass is 16.4. The summed E-state index contributed by atoms with van der Waals surface area (Å²) in [6.07, 6.45) is 0. The van der Waals surface area contributed by atoms with E-state index < -0.39 is 5.97 Å². The zero-order chi connectivity index (χ0) is 14.0. The van der Waals surface area contributed by atoms with Crippen LogP contribution in [0.5, 0.6) is 0 Å². The second-order valence-electron chi connectivity index (χ2n) is 4.13. The summed E-state index contributed by atoms with van der Waals surface area (Å²) in [5, 5.41) is 8.81. The average Bonchev–Trinajstić information content (AvgIpc) is 2.84. The number of carboxylic acids is 1. The van der Waals surface area contributed by atoms with Crippen LogP contribution in [0, 0.1) is 6.92 Å². The van der Waals surface area contributed by atoms with Gasteiger partial charge < -0.3 is 14.4 Å². The third-order valence-electron chi connectivity index (χ3n) is 2.76. The van der Waals surface area contributed by atoms with Gasteiger partial charge in [0.25, 0.3) is 5.91 Å². The Kier molecular flexibility index (Phi) is 3.37. The summed E-state index contributed by atoms with van der Waals surface area (Å²) >= 11 is 0. The van der Waals surface area contributed by atoms with Gasteiger partial charge in [-0.3, -0.25) is 4.79 Å². The van der Waals surface area contributed by atoms with Gasteiger partial charge in [0.15, 0.2) is 5.76 Å². The number of rotatable bonds is 3. The van der Waals surface area contributed by atoms with Gasteiger partial charge in [-0.2, -0.15) is 0 Å². The summed E-state index contributed by atoms with van der Waals surface area (Å²) in [7, 11) is 1.61. The fourth-order valence-corrected chi connectivity index (χ4v) is 1.66. The third-order valence-corrected chi connectivity index (χ3v) is 2.76. The largest absolute Gasteiger partial charge is 0.478 e. The zero-order valence-corrected chi connectivity index (χ0v) is 10.6. The summed E-state index contributed by atoms with van der Waals surface area (Å²) < 4.78 is 5.26. The first kappa shape index (κ1) is 12.9. The van der Waals surface area contributed by atoms with Gasteiger partial charge in [0.05, 0.1) is 5.56 Å². The summed E-state index contributed by atoms with van der Waals surface area (Å²) in [4.78, 5) is 24.2. The first-order valence-electron chi connectivity index (χ1n) is 5.67. The molecule has 0 unspecified atom stereocenters. The number of aryl methyl sites for hydroxylation is 1. The summed E-state index contributed by atoms with van der Waals surface area (Å²) in [6.45, 7) is 1.76. The molecule has 1 amide bonds. The molecule has 2 aromatic rings. The molecule has 0 saturated heterocycles. The molecule has 1 aromatic heterocycles. The van der Waals surface area contributed by atoms with Crippen LogP contribution in [-0.4, -0.2) is 24.0 Å². The molecule has 2 rings (SSSR count). The van der Waals surface area contributed by atoms with E-state index in [1.807, 2.05) is 0 Å². The molecule has 5 heteroatoms. The third kappa shape index (κ3) is 2.65. The van der Waals surface area contributed by atoms with E-state index in [1.165, 1.54) is 17.0 Å². The van der Waals surface area contributed by atoms with Gasteiger partial charge in [0.2, 0.25) is 0 Å². The van der Waals surface area contributed by atoms with Crippen LogP contribution in [0.4, 0.5) is 5.69 Å². The van der Waals surface area contributed by atoms with E-state index in [-0.39, 0.29) is 17.2 Å². The van der Waals surface area contributed by atoms with Gasteiger partial charge in [-0.05, 0) is 43.3 Å². The highest BCUT2D eigenvalue weighted by molar-refractivity contribution is 6.04. The van der Waals surface area contributed by atoms with Crippen molar-refractivity contribution in [3.63, 3.8) is 0 Å². The lowest BCUT2D eigenvalue weighted by Gasteiger charge is -2.15. The van der Waals surface area contributed by atoms with Crippen LogP contribution in [0.1, 0.15) is 26.7 Å². The van der Waals surface area contributed by atoms with Gasteiger partial charge in [0, 0.05) is 12.7 Å². The predicted octanol–water partition coefficient (Wildman–Crippen LogP) is 2.56. The number of amides is 1. The zero-order valence-electron chi connectivity index (χ0n) is 10.6. The maximum absolute atomic E-state index is 12.1. The number of furan rings is 1. The van der Waals surface area contributed by atoms with Crippen molar-refractivity contribution >= 4 is 17.6 Å². The van der Waals surface area contributed by atoms with Crippen LogP contribution in [-0.2, 0) is 0 Å². The summed E-state index contributed by atoms with van der Waals surface area (Å²) in [5.41, 5.74) is 0.780. The van der Waals surface area contributed by atoms with Crippen LogP contribution in [0.2, 0.25) is 0 Å². The molecule has 5 nitrogen and oxygen atoms in total. The van der Waals surface area contributed by atoms with Crippen molar-refractivity contribution in [2.24, 2.45) is 0 Å². The maximum Gasteiger partial charge on any atom is 0.335 e. The van der Waals surface area contributed by atoms with Crippen LogP contribution < -0.4 is 4.90 Å². The second-order valence-corrected chi connectivity index (χ2v) is 4.13. The van der Waals surface area contributed by atoms with E-state index in [1.54, 1.807) is 38.2 Å². The monoisotopic (exact) mass is 259 g/mol. The number of hydrogen-bond acceptors (Lipinski definition) is 3. The van der Waals surface area contributed by atoms with E-state index in [0.29, 0.717) is 11.4 Å². The van der Waals surface area contributed by atoms with Crippen molar-refractivity contribution in [1.82, 2.24) is 0 Å². The van der Waals surface area contributed by atoms with Crippen molar-refractivity contribution in [3.05, 3.63) is 53.5 Å². The van der Waals surface area contributed by atoms with Crippen molar-refractivity contribution < 1.29 is 19.1 Å². The minimum Gasteiger partial charge on any atom is -0.478 e. The highest BCUT2D eigenvalue weighted by Crippen LogP contribution is 2.17. The lowest BCUT2D eigenvalue weighted by atomic mass is 10.2. The number of carboxylic acid groups (broad SMARTS) is 1. The summed E-state index contributed by atoms with van der Waals surface area (Å²) in [5.74, 6) is -0.362. The molecule has 0 saturated carbocycles. The molecule has 0 aliphatic carbocycles. The number of aromatic carboxylic acids is 1. The predicted molar refractivity (Wildman–Crippen MR) is 69.6 cm³/mol. The van der Waals surface area contributed by atoms with Gasteiger partial charge in [-0.25, -0.2) is 4.79 Å². The maximum atomic E-state index is 12.1. The van der Waals surface area contributed by atoms with Crippen molar-refractivity contribution in [1.29, 1.82) is 0 Å². The summed E-state index contributed by atoms with van der Waals surface area (Å²) in [6, 6.07) is 9.40. The molecule has 0 fully saturated rings. The van der Waals surface area contributed by atoms with E-state index in [9.17, 15) is 9.59 Å². The standard InChI is InChI=1S/C14H13NO4/c1-9-3-8-12(19-9)13(16)15(2)11-6-4-10(5-7-11)14(17)18/h3-8H,1-2H3,(H,17,18). The molecule has 0 aliphatic heterocycles. The number of benzene rings is 1. The van der Waals surface area contributed by atoms with Crippen molar-refractivity contribution in [3.8, 4) is 0 Å². The molecule has 0 radical (unpaired) electrons. The molecule has 1 N–H and O–H groups in total. The average molecular weight is 259 g/mol. The van der Waals surface area contributed by atoms with Crippen LogP contribution in [0.3, 0.4) is 0 Å². The van der Waals surface area contributed by atoms with Crippen molar-refractivity contribution in [2.75, 3.05) is 11.9 Å². The fourth-order valence-electron chi connectivity index (χ4n) is 1.66. The highest BCUT2D eigenvalue weighted by Gasteiger charge is 2.17. The molecule has 19 heavy (non-hydrogen) atoms. The fraction of sp³-hybridized carbons (Fsp3) is 0.143. The smallest absolute Gasteiger partial charge is 0.335 e. The molecular weight excluding hydrogens is 246 g/mol. The first-order chi connectivity index (χ1) is 8.99. The Morgan fingerprint density at radius 2 is 1.74 bits per heavy atom. The number of carbonyl (C=O) groups is 2. The lowest BCUT2D eigenvalue weighted by molar-refractivity contribution is 0.0696. The normalized spacial score (nSPS) is 10.2. The Morgan fingerprint density at radius 3 is 2.21 bits per heavy atom. The molecule has 0 atom stereocenters. The number of hydrogen-bond donors (Lipinski definition) is 1. The quantitative estimate of drug-likeness (QED) is 0.919. The van der Waals surface area contributed by atoms with Gasteiger partial charge >= 0.3 is 5.97 Å². The molecule has 1 aromatic carbocycles. The first-order valence-corrected chi connectivity index (χ1v) is 5.67. The number of nitrogens with zero attached hydrogens (tertiary/aromatic N) is 1. The topological polar surface area (TPSA) is 70.8 Å². The molecule has 0 aliphatic rings. The van der Waals surface area contributed by atoms with Crippen LogP contribution in [0.25, 0.3) is 0 Å². The Labute approximate surface area is 110 Å². The molecule has 1 heterocycles. The molecule has 0 bridgehead atoms. The van der Waals surface area contributed by atoms with E-state index in [4.69, 9.17) is 9.52 Å².